The van der Waals surface area contributed by atoms with Gasteiger partial charge in [0.1, 0.15) is 5.75 Å². The molecule has 7 heteroatoms. The van der Waals surface area contributed by atoms with Crippen LogP contribution in [0.15, 0.2) is 109 Å². The largest absolute Gasteiger partial charge is 0.494 e. The molecule has 7 nitrogen and oxygen atoms in total. The highest BCUT2D eigenvalue weighted by atomic mass is 16.5. The number of rotatable bonds is 13. The number of carbonyl (C=O) groups is 2. The highest BCUT2D eigenvalue weighted by Gasteiger charge is 2.26. The van der Waals surface area contributed by atoms with Gasteiger partial charge in [0, 0.05) is 56.1 Å². The van der Waals surface area contributed by atoms with Crippen LogP contribution in [0.3, 0.4) is 0 Å². The lowest BCUT2D eigenvalue weighted by atomic mass is 9.96. The maximum absolute atomic E-state index is 12.5. The van der Waals surface area contributed by atoms with Crippen molar-refractivity contribution in [1.29, 1.82) is 0 Å². The predicted octanol–water partition coefficient (Wildman–Crippen LogP) is 7.13. The average molecular weight is 591 g/mol. The van der Waals surface area contributed by atoms with E-state index in [0.29, 0.717) is 13.0 Å². The van der Waals surface area contributed by atoms with Crippen LogP contribution in [0.1, 0.15) is 49.8 Å². The summed E-state index contributed by atoms with van der Waals surface area (Å²) in [5.74, 6) is 0.584. The molecule has 0 aliphatic carbocycles. The zero-order chi connectivity index (χ0) is 30.6. The predicted molar refractivity (Wildman–Crippen MR) is 178 cm³/mol. The maximum Gasteiger partial charge on any atom is 0.224 e. The highest BCUT2D eigenvalue weighted by molar-refractivity contribution is 5.93. The van der Waals surface area contributed by atoms with E-state index in [1.807, 2.05) is 36.4 Å². The van der Waals surface area contributed by atoms with E-state index in [-0.39, 0.29) is 30.7 Å². The molecule has 2 amide bonds. The van der Waals surface area contributed by atoms with Crippen molar-refractivity contribution in [3.8, 4) is 5.75 Å². The van der Waals surface area contributed by atoms with Crippen LogP contribution in [0, 0.1) is 0 Å². The minimum Gasteiger partial charge on any atom is -0.494 e. The SMILES string of the molecule is CCCOc1ccc(NC(=O)CCCC(=O)Nc2ccc(N3CCN(C(c4ccccc4)c4ccccc4)CC3)cc2)cc1. The van der Waals surface area contributed by atoms with Gasteiger partial charge in [0.25, 0.3) is 0 Å². The number of hydrogen-bond donors (Lipinski definition) is 2. The van der Waals surface area contributed by atoms with Crippen LogP contribution < -0.4 is 20.3 Å². The van der Waals surface area contributed by atoms with E-state index < -0.39 is 0 Å². The van der Waals surface area contributed by atoms with Crippen molar-refractivity contribution in [2.75, 3.05) is 48.3 Å². The molecule has 0 bridgehead atoms. The maximum atomic E-state index is 12.5. The molecule has 2 N–H and O–H groups in total. The number of amides is 2. The summed E-state index contributed by atoms with van der Waals surface area (Å²) in [6.07, 6.45) is 1.98. The van der Waals surface area contributed by atoms with E-state index in [4.69, 9.17) is 4.74 Å². The Bertz CT molecular complexity index is 1410. The second kappa shape index (κ2) is 15.7. The first-order chi connectivity index (χ1) is 21.6. The molecule has 5 rings (SSSR count). The number of benzene rings is 4. The number of nitrogens with zero attached hydrogens (tertiary/aromatic N) is 2. The summed E-state index contributed by atoms with van der Waals surface area (Å²) >= 11 is 0. The number of nitrogens with one attached hydrogen (secondary N) is 2. The van der Waals surface area contributed by atoms with Crippen LogP contribution in [0.5, 0.6) is 5.75 Å². The third kappa shape index (κ3) is 8.71. The normalized spacial score (nSPS) is 13.5. The molecule has 0 atom stereocenters. The first kappa shape index (κ1) is 30.8. The lowest BCUT2D eigenvalue weighted by Crippen LogP contribution is -2.48. The van der Waals surface area contributed by atoms with E-state index in [1.165, 1.54) is 11.1 Å². The molecule has 0 aromatic heterocycles. The van der Waals surface area contributed by atoms with Gasteiger partial charge < -0.3 is 20.3 Å². The van der Waals surface area contributed by atoms with Crippen LogP contribution in [-0.2, 0) is 9.59 Å². The fourth-order valence-corrected chi connectivity index (χ4v) is 5.59. The Morgan fingerprint density at radius 1 is 0.682 bits per heavy atom. The lowest BCUT2D eigenvalue weighted by molar-refractivity contribution is -0.117. The summed E-state index contributed by atoms with van der Waals surface area (Å²) < 4.78 is 5.57. The van der Waals surface area contributed by atoms with Crippen molar-refractivity contribution in [3.05, 3.63) is 120 Å². The van der Waals surface area contributed by atoms with Gasteiger partial charge >= 0.3 is 0 Å². The molecule has 1 aliphatic rings. The van der Waals surface area contributed by atoms with Gasteiger partial charge in [-0.25, -0.2) is 0 Å². The number of ether oxygens (including phenoxy) is 1. The van der Waals surface area contributed by atoms with E-state index in [1.54, 1.807) is 0 Å². The third-order valence-electron chi connectivity index (χ3n) is 7.84. The molecule has 4 aromatic rings. The Morgan fingerprint density at radius 2 is 1.18 bits per heavy atom. The zero-order valence-electron chi connectivity index (χ0n) is 25.5. The van der Waals surface area contributed by atoms with E-state index in [2.05, 4.69) is 100 Å². The van der Waals surface area contributed by atoms with Gasteiger partial charge in [0.2, 0.25) is 11.8 Å². The number of piperazine rings is 1. The Kier molecular flexibility index (Phi) is 11.0. The molecule has 0 unspecified atom stereocenters. The molecule has 228 valence electrons. The van der Waals surface area contributed by atoms with E-state index in [0.717, 1.165) is 55.4 Å². The first-order valence-corrected chi connectivity index (χ1v) is 15.6. The van der Waals surface area contributed by atoms with Gasteiger partial charge in [-0.1, -0.05) is 67.6 Å². The molecular weight excluding hydrogens is 548 g/mol. The van der Waals surface area contributed by atoms with Gasteiger partial charge in [-0.3, -0.25) is 14.5 Å². The zero-order valence-corrected chi connectivity index (χ0v) is 25.5. The Hall–Kier alpha value is -4.62. The van der Waals surface area contributed by atoms with Crippen LogP contribution >= 0.6 is 0 Å². The lowest BCUT2D eigenvalue weighted by Gasteiger charge is -2.40. The van der Waals surface area contributed by atoms with Crippen molar-refractivity contribution >= 4 is 28.9 Å². The van der Waals surface area contributed by atoms with Crippen molar-refractivity contribution in [2.45, 2.75) is 38.6 Å². The van der Waals surface area contributed by atoms with Crippen molar-refractivity contribution in [2.24, 2.45) is 0 Å². The van der Waals surface area contributed by atoms with Crippen LogP contribution in [0.2, 0.25) is 0 Å². The van der Waals surface area contributed by atoms with Crippen molar-refractivity contribution < 1.29 is 14.3 Å². The minimum atomic E-state index is -0.108. The number of anilines is 3. The van der Waals surface area contributed by atoms with Gasteiger partial charge in [0.05, 0.1) is 12.6 Å². The fourth-order valence-electron chi connectivity index (χ4n) is 5.59. The smallest absolute Gasteiger partial charge is 0.224 e. The van der Waals surface area contributed by atoms with E-state index in [9.17, 15) is 9.59 Å². The summed E-state index contributed by atoms with van der Waals surface area (Å²) in [6.45, 7) is 6.50. The summed E-state index contributed by atoms with van der Waals surface area (Å²) in [4.78, 5) is 29.8. The van der Waals surface area contributed by atoms with Crippen molar-refractivity contribution in [3.63, 3.8) is 0 Å². The molecule has 4 aromatic carbocycles. The van der Waals surface area contributed by atoms with Gasteiger partial charge in [-0.2, -0.15) is 0 Å². The minimum absolute atomic E-state index is 0.0931. The van der Waals surface area contributed by atoms with Crippen LogP contribution in [-0.4, -0.2) is 49.5 Å². The first-order valence-electron chi connectivity index (χ1n) is 15.6. The quantitative estimate of drug-likeness (QED) is 0.173. The van der Waals surface area contributed by atoms with Gasteiger partial charge in [0.15, 0.2) is 0 Å². The highest BCUT2D eigenvalue weighted by Crippen LogP contribution is 2.30. The second-order valence-corrected chi connectivity index (χ2v) is 11.1. The summed E-state index contributed by atoms with van der Waals surface area (Å²) in [5, 5.41) is 5.84. The topological polar surface area (TPSA) is 73.9 Å². The van der Waals surface area contributed by atoms with E-state index >= 15 is 0 Å². The molecule has 1 aliphatic heterocycles. The molecule has 44 heavy (non-hydrogen) atoms. The number of carbonyl (C=O) groups excluding carboxylic acids is 2. The second-order valence-electron chi connectivity index (χ2n) is 11.1. The average Bonchev–Trinajstić information content (AvgIpc) is 3.06. The molecule has 0 saturated carbocycles. The standard InChI is InChI=1S/C37H42N4O3/c1-2-28-44-34-22-18-32(19-23-34)39-36(43)15-9-14-35(42)38-31-16-20-33(21-17-31)40-24-26-41(27-25-40)37(29-10-5-3-6-11-29)30-12-7-4-8-13-30/h3-8,10-13,16-23,37H,2,9,14-15,24-28H2,1H3,(H,38,42)(H,39,43). The molecule has 0 radical (unpaired) electrons. The Labute approximate surface area is 260 Å². The van der Waals surface area contributed by atoms with Gasteiger partial charge in [-0.05, 0) is 72.5 Å². The molecule has 1 fully saturated rings. The Balaban J connectivity index is 1.05. The summed E-state index contributed by atoms with van der Waals surface area (Å²) in [7, 11) is 0. The monoisotopic (exact) mass is 590 g/mol. The van der Waals surface area contributed by atoms with Crippen molar-refractivity contribution in [1.82, 2.24) is 4.90 Å². The fraction of sp³-hybridized carbons (Fsp3) is 0.297. The van der Waals surface area contributed by atoms with Crippen LogP contribution in [0.25, 0.3) is 0 Å². The van der Waals surface area contributed by atoms with Gasteiger partial charge in [-0.15, -0.1) is 0 Å². The molecular formula is C37H42N4O3. The van der Waals surface area contributed by atoms with Crippen LogP contribution in [0.4, 0.5) is 17.1 Å². The molecule has 1 heterocycles. The molecule has 0 spiro atoms. The summed E-state index contributed by atoms with van der Waals surface area (Å²) in [5.41, 5.74) is 5.27. The number of hydrogen-bond acceptors (Lipinski definition) is 5. The third-order valence-corrected chi connectivity index (χ3v) is 7.84. The summed E-state index contributed by atoms with van der Waals surface area (Å²) in [6, 6.07) is 37.1. The Morgan fingerprint density at radius 3 is 1.68 bits per heavy atom. The molecule has 1 saturated heterocycles.